The van der Waals surface area contributed by atoms with E-state index in [-0.39, 0.29) is 5.91 Å². The zero-order valence-corrected chi connectivity index (χ0v) is 22.9. The van der Waals surface area contributed by atoms with Crippen LogP contribution < -0.4 is 5.73 Å². The van der Waals surface area contributed by atoms with E-state index in [0.29, 0.717) is 17.7 Å². The third kappa shape index (κ3) is 5.94. The van der Waals surface area contributed by atoms with Crippen molar-refractivity contribution in [1.82, 2.24) is 19.8 Å². The minimum atomic E-state index is 0.123. The smallest absolute Gasteiger partial charge is 0.253 e. The van der Waals surface area contributed by atoms with Crippen LogP contribution in [-0.4, -0.2) is 58.9 Å². The van der Waals surface area contributed by atoms with Gasteiger partial charge >= 0.3 is 0 Å². The molecule has 2 aliphatic heterocycles. The number of para-hydroxylation sites is 1. The van der Waals surface area contributed by atoms with Gasteiger partial charge in [-0.3, -0.25) is 4.79 Å². The van der Waals surface area contributed by atoms with E-state index < -0.39 is 0 Å². The number of nitrogen functional groups attached to an aromatic ring is 1. The predicted molar refractivity (Wildman–Crippen MR) is 154 cm³/mol. The summed E-state index contributed by atoms with van der Waals surface area (Å²) >= 11 is 1.88. The Hall–Kier alpha value is -3.03. The quantitative estimate of drug-likeness (QED) is 0.349. The Balaban J connectivity index is 0.000000157. The lowest BCUT2D eigenvalue weighted by Crippen LogP contribution is -2.39. The van der Waals surface area contributed by atoms with E-state index in [1.807, 2.05) is 47.4 Å². The summed E-state index contributed by atoms with van der Waals surface area (Å²) in [5.74, 6) is 1.95. The Morgan fingerprint density at radius 3 is 2.54 bits per heavy atom. The van der Waals surface area contributed by atoms with E-state index in [1.54, 1.807) is 0 Å². The second-order valence-electron chi connectivity index (χ2n) is 10.7. The summed E-state index contributed by atoms with van der Waals surface area (Å²) in [5, 5.41) is 2.31. The average molecular weight is 516 g/mol. The molecule has 0 saturated carbocycles. The Bertz CT molecular complexity index is 1360. The van der Waals surface area contributed by atoms with E-state index >= 15 is 0 Å². The van der Waals surface area contributed by atoms with Crippen LogP contribution in [0, 0.1) is 12.8 Å². The molecule has 7 heteroatoms. The summed E-state index contributed by atoms with van der Waals surface area (Å²) in [7, 11) is 2.20. The molecule has 0 aliphatic carbocycles. The number of piperidine rings is 2. The van der Waals surface area contributed by atoms with Gasteiger partial charge in [-0.1, -0.05) is 19.1 Å². The van der Waals surface area contributed by atoms with Gasteiger partial charge in [0.15, 0.2) is 0 Å². The number of aryl methyl sites for hydroxylation is 1. The van der Waals surface area contributed by atoms with Crippen LogP contribution in [0.25, 0.3) is 21.1 Å². The van der Waals surface area contributed by atoms with Crippen molar-refractivity contribution >= 4 is 44.2 Å². The SMILES string of the molecule is CN1CCC(c2nc3ccccc3s2)CC1.Cc1cc2cc(C(=O)N3CCCC(C)C3)ccc2nc1N. The monoisotopic (exact) mass is 515 g/mol. The molecule has 0 spiro atoms. The summed E-state index contributed by atoms with van der Waals surface area (Å²) in [4.78, 5) is 26.1. The molecule has 4 heterocycles. The number of likely N-dealkylation sites (tertiary alicyclic amines) is 2. The second kappa shape index (κ2) is 11.2. The van der Waals surface area contributed by atoms with Crippen LogP contribution in [0.3, 0.4) is 0 Å². The van der Waals surface area contributed by atoms with Crippen LogP contribution in [0.5, 0.6) is 0 Å². The number of nitrogens with two attached hydrogens (primary N) is 1. The highest BCUT2D eigenvalue weighted by Crippen LogP contribution is 2.33. The normalized spacial score (nSPS) is 19.1. The van der Waals surface area contributed by atoms with Gasteiger partial charge in [0.05, 0.1) is 20.7 Å². The number of anilines is 1. The van der Waals surface area contributed by atoms with E-state index in [4.69, 9.17) is 10.7 Å². The molecule has 6 rings (SSSR count). The maximum atomic E-state index is 12.6. The standard InChI is InChI=1S/C17H21N3O.C13H16N2S/c1-11-4-3-7-20(10-11)17(21)13-5-6-15-14(9-13)8-12(2)16(18)19-15;1-15-8-6-10(7-9-15)13-14-11-4-2-3-5-12(11)16-13/h5-6,8-9,11H,3-4,7,10H2,1-2H3,(H2,18,19);2-5,10H,6-9H2,1H3. The van der Waals surface area contributed by atoms with Gasteiger partial charge in [-0.2, -0.15) is 0 Å². The summed E-state index contributed by atoms with van der Waals surface area (Å²) < 4.78 is 1.33. The lowest BCUT2D eigenvalue weighted by Gasteiger charge is -2.31. The van der Waals surface area contributed by atoms with Gasteiger partial charge in [-0.05, 0) is 101 Å². The molecule has 2 aliphatic rings. The van der Waals surface area contributed by atoms with E-state index in [1.165, 1.54) is 47.6 Å². The number of amides is 1. The summed E-state index contributed by atoms with van der Waals surface area (Å²) in [6.07, 6.45) is 4.83. The molecular formula is C30H37N5OS. The molecule has 194 valence electrons. The van der Waals surface area contributed by atoms with Crippen LogP contribution in [0.15, 0.2) is 48.5 Å². The van der Waals surface area contributed by atoms with E-state index in [9.17, 15) is 4.79 Å². The summed E-state index contributed by atoms with van der Waals surface area (Å²) in [6.45, 7) is 8.27. The second-order valence-corrected chi connectivity index (χ2v) is 11.8. The van der Waals surface area contributed by atoms with Crippen molar-refractivity contribution < 1.29 is 4.79 Å². The van der Waals surface area contributed by atoms with Gasteiger partial charge in [0, 0.05) is 30.0 Å². The lowest BCUT2D eigenvalue weighted by atomic mass is 9.98. The predicted octanol–water partition coefficient (Wildman–Crippen LogP) is 6.10. The molecule has 2 aromatic carbocycles. The topological polar surface area (TPSA) is 75.4 Å². The van der Waals surface area contributed by atoms with Gasteiger partial charge in [0.1, 0.15) is 5.82 Å². The summed E-state index contributed by atoms with van der Waals surface area (Å²) in [5.41, 5.74) is 9.51. The fraction of sp³-hybridized carbons (Fsp3) is 0.433. The highest BCUT2D eigenvalue weighted by molar-refractivity contribution is 7.18. The van der Waals surface area contributed by atoms with Crippen molar-refractivity contribution in [3.05, 3.63) is 64.7 Å². The number of aromatic nitrogens is 2. The molecule has 0 radical (unpaired) electrons. The molecule has 2 N–H and O–H groups in total. The molecule has 2 saturated heterocycles. The van der Waals surface area contributed by atoms with Gasteiger partial charge in [-0.25, -0.2) is 9.97 Å². The number of benzene rings is 2. The van der Waals surface area contributed by atoms with Crippen LogP contribution in [0.4, 0.5) is 5.82 Å². The molecule has 1 unspecified atom stereocenters. The number of pyridine rings is 1. The number of carbonyl (C=O) groups is 1. The van der Waals surface area contributed by atoms with Crippen molar-refractivity contribution in [2.45, 2.75) is 45.4 Å². The van der Waals surface area contributed by atoms with Crippen LogP contribution in [0.2, 0.25) is 0 Å². The first-order chi connectivity index (χ1) is 17.9. The Morgan fingerprint density at radius 2 is 1.78 bits per heavy atom. The number of carbonyl (C=O) groups excluding carboxylic acids is 1. The number of nitrogens with zero attached hydrogens (tertiary/aromatic N) is 4. The first-order valence-corrected chi connectivity index (χ1v) is 14.2. The first kappa shape index (κ1) is 25.6. The largest absolute Gasteiger partial charge is 0.383 e. The van der Waals surface area contributed by atoms with Crippen molar-refractivity contribution in [2.75, 3.05) is 39.0 Å². The molecule has 2 fully saturated rings. The molecule has 2 aromatic heterocycles. The van der Waals surface area contributed by atoms with E-state index in [2.05, 4.69) is 48.1 Å². The number of fused-ring (bicyclic) bond motifs is 2. The third-order valence-electron chi connectivity index (χ3n) is 7.61. The minimum absolute atomic E-state index is 0.123. The Labute approximate surface area is 223 Å². The third-order valence-corrected chi connectivity index (χ3v) is 8.81. The maximum Gasteiger partial charge on any atom is 0.253 e. The molecule has 1 atom stereocenters. The summed E-state index contributed by atoms with van der Waals surface area (Å²) in [6, 6.07) is 16.1. The van der Waals surface area contributed by atoms with E-state index in [0.717, 1.165) is 41.5 Å². The number of hydrogen-bond acceptors (Lipinski definition) is 6. The first-order valence-electron chi connectivity index (χ1n) is 13.4. The van der Waals surface area contributed by atoms with Crippen molar-refractivity contribution in [1.29, 1.82) is 0 Å². The zero-order chi connectivity index (χ0) is 25.9. The molecule has 1 amide bonds. The Morgan fingerprint density at radius 1 is 1.00 bits per heavy atom. The van der Waals surface area contributed by atoms with Crippen LogP contribution in [0.1, 0.15) is 59.5 Å². The minimum Gasteiger partial charge on any atom is -0.383 e. The number of hydrogen-bond donors (Lipinski definition) is 1. The van der Waals surface area contributed by atoms with Gasteiger partial charge in [0.25, 0.3) is 5.91 Å². The fourth-order valence-electron chi connectivity index (χ4n) is 5.31. The molecule has 0 bridgehead atoms. The van der Waals surface area contributed by atoms with Crippen molar-refractivity contribution in [3.8, 4) is 0 Å². The molecule has 6 nitrogen and oxygen atoms in total. The number of thiazole rings is 1. The van der Waals surface area contributed by atoms with Gasteiger partial charge < -0.3 is 15.5 Å². The maximum absolute atomic E-state index is 12.6. The Kier molecular flexibility index (Phi) is 7.72. The van der Waals surface area contributed by atoms with Crippen molar-refractivity contribution in [2.24, 2.45) is 5.92 Å². The lowest BCUT2D eigenvalue weighted by molar-refractivity contribution is 0.0683. The molecule has 37 heavy (non-hydrogen) atoms. The average Bonchev–Trinajstić information content (AvgIpc) is 3.34. The van der Waals surface area contributed by atoms with Crippen molar-refractivity contribution in [3.63, 3.8) is 0 Å². The molecule has 4 aromatic rings. The number of rotatable bonds is 2. The fourth-order valence-corrected chi connectivity index (χ4v) is 6.44. The molecular weight excluding hydrogens is 478 g/mol. The zero-order valence-electron chi connectivity index (χ0n) is 22.1. The van der Waals surface area contributed by atoms with Crippen LogP contribution >= 0.6 is 11.3 Å². The van der Waals surface area contributed by atoms with Gasteiger partial charge in [0.2, 0.25) is 0 Å². The van der Waals surface area contributed by atoms with Gasteiger partial charge in [-0.15, -0.1) is 11.3 Å². The highest BCUT2D eigenvalue weighted by atomic mass is 32.1. The highest BCUT2D eigenvalue weighted by Gasteiger charge is 2.23. The van der Waals surface area contributed by atoms with Crippen LogP contribution in [-0.2, 0) is 0 Å².